The van der Waals surface area contributed by atoms with Crippen LogP contribution in [0.3, 0.4) is 0 Å². The van der Waals surface area contributed by atoms with E-state index in [9.17, 15) is 4.79 Å². The molecule has 1 saturated carbocycles. The lowest BCUT2D eigenvalue weighted by Gasteiger charge is -2.17. The minimum Gasteiger partial charge on any atom is -0.484 e. The fourth-order valence-electron chi connectivity index (χ4n) is 2.26. The Labute approximate surface area is 127 Å². The van der Waals surface area contributed by atoms with Gasteiger partial charge < -0.3 is 15.4 Å². The van der Waals surface area contributed by atoms with Crippen molar-refractivity contribution in [3.63, 3.8) is 0 Å². The summed E-state index contributed by atoms with van der Waals surface area (Å²) in [5.41, 5.74) is 1.26. The van der Waals surface area contributed by atoms with E-state index in [1.807, 2.05) is 12.1 Å². The summed E-state index contributed by atoms with van der Waals surface area (Å²) < 4.78 is 5.51. The molecular formula is C17H26N2O2. The Bertz CT molecular complexity index is 441. The molecule has 0 spiro atoms. The summed E-state index contributed by atoms with van der Waals surface area (Å²) >= 11 is 0. The van der Waals surface area contributed by atoms with Crippen molar-refractivity contribution in [3.05, 3.63) is 29.8 Å². The maximum absolute atomic E-state index is 11.6. The van der Waals surface area contributed by atoms with Gasteiger partial charge in [-0.3, -0.25) is 4.79 Å². The highest BCUT2D eigenvalue weighted by atomic mass is 16.5. The van der Waals surface area contributed by atoms with Crippen molar-refractivity contribution in [2.45, 2.75) is 51.6 Å². The van der Waals surface area contributed by atoms with Crippen molar-refractivity contribution in [2.75, 3.05) is 13.2 Å². The van der Waals surface area contributed by atoms with Crippen molar-refractivity contribution in [1.82, 2.24) is 10.6 Å². The van der Waals surface area contributed by atoms with Gasteiger partial charge in [-0.2, -0.15) is 0 Å². The lowest BCUT2D eigenvalue weighted by Crippen LogP contribution is -2.30. The van der Waals surface area contributed by atoms with Crippen LogP contribution in [0.15, 0.2) is 24.3 Å². The molecule has 2 N–H and O–H groups in total. The highest BCUT2D eigenvalue weighted by Gasteiger charge is 2.23. The van der Waals surface area contributed by atoms with E-state index in [0.29, 0.717) is 12.1 Å². The fraction of sp³-hybridized carbons (Fsp3) is 0.588. The quantitative estimate of drug-likeness (QED) is 0.735. The van der Waals surface area contributed by atoms with Gasteiger partial charge in [0.15, 0.2) is 6.61 Å². The van der Waals surface area contributed by atoms with E-state index in [1.165, 1.54) is 5.56 Å². The van der Waals surface area contributed by atoms with Gasteiger partial charge in [0, 0.05) is 12.1 Å². The molecule has 1 aliphatic carbocycles. The van der Waals surface area contributed by atoms with Gasteiger partial charge in [-0.25, -0.2) is 0 Å². The molecule has 1 aromatic carbocycles. The molecule has 1 aromatic rings. The number of nitrogens with one attached hydrogen (secondary N) is 2. The van der Waals surface area contributed by atoms with E-state index in [1.54, 1.807) is 0 Å². The molecule has 0 bridgehead atoms. The van der Waals surface area contributed by atoms with Crippen molar-refractivity contribution >= 4 is 5.91 Å². The molecule has 0 aliphatic heterocycles. The molecule has 0 heterocycles. The smallest absolute Gasteiger partial charge is 0.258 e. The molecule has 1 aliphatic rings. The summed E-state index contributed by atoms with van der Waals surface area (Å²) in [6.45, 7) is 5.47. The molecule has 2 rings (SSSR count). The number of carbonyl (C=O) groups is 1. The average molecular weight is 290 g/mol. The molecule has 0 aromatic heterocycles. The average Bonchev–Trinajstić information content (AvgIpc) is 3.31. The molecular weight excluding hydrogens is 264 g/mol. The minimum atomic E-state index is -0.0300. The Morgan fingerprint density at radius 3 is 2.57 bits per heavy atom. The van der Waals surface area contributed by atoms with E-state index >= 15 is 0 Å². The summed E-state index contributed by atoms with van der Waals surface area (Å²) in [6.07, 6.45) is 4.39. The van der Waals surface area contributed by atoms with Crippen LogP contribution in [-0.4, -0.2) is 25.1 Å². The number of ether oxygens (including phenoxy) is 1. The zero-order valence-corrected chi connectivity index (χ0v) is 13.0. The van der Waals surface area contributed by atoms with Gasteiger partial charge in [-0.15, -0.1) is 0 Å². The number of hydrogen-bond donors (Lipinski definition) is 2. The van der Waals surface area contributed by atoms with Gasteiger partial charge in [0.2, 0.25) is 0 Å². The normalized spacial score (nSPS) is 15.5. The number of benzene rings is 1. The first-order valence-corrected chi connectivity index (χ1v) is 7.98. The van der Waals surface area contributed by atoms with E-state index in [0.717, 1.165) is 38.0 Å². The van der Waals surface area contributed by atoms with Crippen LogP contribution in [0, 0.1) is 0 Å². The topological polar surface area (TPSA) is 50.4 Å². The number of amides is 1. The summed E-state index contributed by atoms with van der Waals surface area (Å²) in [5, 5.41) is 6.44. The van der Waals surface area contributed by atoms with Crippen LogP contribution < -0.4 is 15.4 Å². The first-order chi connectivity index (χ1) is 10.2. The Morgan fingerprint density at radius 2 is 2.00 bits per heavy atom. The van der Waals surface area contributed by atoms with Gasteiger partial charge in [0.05, 0.1) is 0 Å². The standard InChI is InChI=1S/C17H26N2O2/c1-3-11-18-16(4-2)13-5-9-15(10-6-13)21-12-17(20)19-14-7-8-14/h5-6,9-10,14,16,18H,3-4,7-8,11-12H2,1-2H3,(H,19,20). The maximum Gasteiger partial charge on any atom is 0.258 e. The Balaban J connectivity index is 1.81. The van der Waals surface area contributed by atoms with Crippen LogP contribution in [0.4, 0.5) is 0 Å². The highest BCUT2D eigenvalue weighted by Crippen LogP contribution is 2.21. The van der Waals surface area contributed by atoms with Crippen LogP contribution in [0.1, 0.15) is 51.1 Å². The van der Waals surface area contributed by atoms with E-state index in [4.69, 9.17) is 4.74 Å². The van der Waals surface area contributed by atoms with Crippen molar-refractivity contribution < 1.29 is 9.53 Å². The highest BCUT2D eigenvalue weighted by molar-refractivity contribution is 5.78. The lowest BCUT2D eigenvalue weighted by atomic mass is 10.0. The fourth-order valence-corrected chi connectivity index (χ4v) is 2.26. The second-order valence-electron chi connectivity index (χ2n) is 5.61. The number of rotatable bonds is 9. The van der Waals surface area contributed by atoms with E-state index in [2.05, 4.69) is 36.6 Å². The minimum absolute atomic E-state index is 0.0300. The van der Waals surface area contributed by atoms with Crippen molar-refractivity contribution in [3.8, 4) is 5.75 Å². The summed E-state index contributed by atoms with van der Waals surface area (Å²) in [6, 6.07) is 8.80. The predicted molar refractivity (Wildman–Crippen MR) is 84.4 cm³/mol. The number of carbonyl (C=O) groups excluding carboxylic acids is 1. The van der Waals surface area contributed by atoms with Crippen molar-refractivity contribution in [2.24, 2.45) is 0 Å². The predicted octanol–water partition coefficient (Wildman–Crippen LogP) is 2.79. The molecule has 21 heavy (non-hydrogen) atoms. The molecule has 4 heteroatoms. The third-order valence-electron chi connectivity index (χ3n) is 3.64. The Hall–Kier alpha value is -1.55. The zero-order chi connectivity index (χ0) is 15.1. The first kappa shape index (κ1) is 15.8. The molecule has 0 radical (unpaired) electrons. The first-order valence-electron chi connectivity index (χ1n) is 7.98. The molecule has 1 amide bonds. The molecule has 4 nitrogen and oxygen atoms in total. The summed E-state index contributed by atoms with van der Waals surface area (Å²) in [5.74, 6) is 0.715. The van der Waals surface area contributed by atoms with Crippen LogP contribution in [0.2, 0.25) is 0 Å². The Kier molecular flexibility index (Phi) is 6.05. The third kappa shape index (κ3) is 5.38. The monoisotopic (exact) mass is 290 g/mol. The second kappa shape index (κ2) is 8.03. The number of hydrogen-bond acceptors (Lipinski definition) is 3. The molecule has 1 fully saturated rings. The molecule has 1 unspecified atom stereocenters. The molecule has 0 saturated heterocycles. The van der Waals surface area contributed by atoms with E-state index in [-0.39, 0.29) is 12.5 Å². The van der Waals surface area contributed by atoms with Crippen LogP contribution in [0.5, 0.6) is 5.75 Å². The van der Waals surface area contributed by atoms with Gasteiger partial charge in [0.25, 0.3) is 5.91 Å². The molecule has 116 valence electrons. The largest absolute Gasteiger partial charge is 0.484 e. The SMILES string of the molecule is CCCNC(CC)c1ccc(OCC(=O)NC2CC2)cc1. The summed E-state index contributed by atoms with van der Waals surface area (Å²) in [4.78, 5) is 11.6. The van der Waals surface area contributed by atoms with Crippen LogP contribution in [-0.2, 0) is 4.79 Å². The van der Waals surface area contributed by atoms with Crippen LogP contribution >= 0.6 is 0 Å². The lowest BCUT2D eigenvalue weighted by molar-refractivity contribution is -0.123. The Morgan fingerprint density at radius 1 is 1.29 bits per heavy atom. The zero-order valence-electron chi connectivity index (χ0n) is 13.0. The summed E-state index contributed by atoms with van der Waals surface area (Å²) in [7, 11) is 0. The molecule has 1 atom stereocenters. The van der Waals surface area contributed by atoms with Gasteiger partial charge in [-0.1, -0.05) is 26.0 Å². The van der Waals surface area contributed by atoms with Gasteiger partial charge >= 0.3 is 0 Å². The van der Waals surface area contributed by atoms with E-state index < -0.39 is 0 Å². The van der Waals surface area contributed by atoms with Gasteiger partial charge in [-0.05, 0) is 49.9 Å². The van der Waals surface area contributed by atoms with Crippen molar-refractivity contribution in [1.29, 1.82) is 0 Å². The maximum atomic E-state index is 11.6. The third-order valence-corrected chi connectivity index (χ3v) is 3.64. The second-order valence-corrected chi connectivity index (χ2v) is 5.61. The van der Waals surface area contributed by atoms with Crippen LogP contribution in [0.25, 0.3) is 0 Å². The van der Waals surface area contributed by atoms with Gasteiger partial charge in [0.1, 0.15) is 5.75 Å².